The zero-order valence-corrected chi connectivity index (χ0v) is 10.6. The fourth-order valence-corrected chi connectivity index (χ4v) is 2.47. The monoisotopic (exact) mass is 232 g/mol. The number of benzene rings is 1. The zero-order chi connectivity index (χ0) is 12.3. The van der Waals surface area contributed by atoms with Gasteiger partial charge in [0.25, 0.3) is 0 Å². The van der Waals surface area contributed by atoms with E-state index in [-0.39, 0.29) is 5.78 Å². The predicted molar refractivity (Wildman–Crippen MR) is 68.3 cm³/mol. The molecule has 0 atom stereocenters. The molecule has 0 bridgehead atoms. The highest BCUT2D eigenvalue weighted by atomic mass is 16.5. The molecule has 1 aliphatic carbocycles. The highest BCUT2D eigenvalue weighted by molar-refractivity contribution is 5.97. The van der Waals surface area contributed by atoms with E-state index in [1.807, 2.05) is 38.1 Å². The Morgan fingerprint density at radius 1 is 1.35 bits per heavy atom. The van der Waals surface area contributed by atoms with Crippen LogP contribution >= 0.6 is 0 Å². The van der Waals surface area contributed by atoms with Crippen LogP contribution in [-0.2, 0) is 4.74 Å². The Hall–Kier alpha value is -1.15. The molecule has 2 rings (SSSR count). The third-order valence-corrected chi connectivity index (χ3v) is 3.51. The molecule has 1 fully saturated rings. The van der Waals surface area contributed by atoms with E-state index in [2.05, 4.69) is 0 Å². The molecule has 0 N–H and O–H groups in total. The Labute approximate surface area is 103 Å². The molecule has 92 valence electrons. The zero-order valence-electron chi connectivity index (χ0n) is 10.6. The van der Waals surface area contributed by atoms with Crippen LogP contribution in [0.1, 0.15) is 42.1 Å². The molecule has 1 aliphatic rings. The molecule has 0 aromatic heterocycles. The fourth-order valence-electron chi connectivity index (χ4n) is 2.47. The molecule has 17 heavy (non-hydrogen) atoms. The third kappa shape index (κ3) is 2.95. The summed E-state index contributed by atoms with van der Waals surface area (Å²) in [6.45, 7) is 4.80. The Kier molecular flexibility index (Phi) is 3.95. The summed E-state index contributed by atoms with van der Waals surface area (Å²) in [4.78, 5) is 12.1. The quantitative estimate of drug-likeness (QED) is 0.727. The molecule has 1 aromatic carbocycles. The second-order valence-electron chi connectivity index (χ2n) is 4.86. The summed E-state index contributed by atoms with van der Waals surface area (Å²) in [6, 6.07) is 7.83. The lowest BCUT2D eigenvalue weighted by Gasteiger charge is -2.34. The molecule has 2 nitrogen and oxygen atoms in total. The van der Waals surface area contributed by atoms with Crippen molar-refractivity contribution in [3.63, 3.8) is 0 Å². The van der Waals surface area contributed by atoms with Crippen molar-refractivity contribution >= 4 is 5.78 Å². The van der Waals surface area contributed by atoms with E-state index in [9.17, 15) is 4.79 Å². The summed E-state index contributed by atoms with van der Waals surface area (Å²) >= 11 is 0. The number of hydrogen-bond donors (Lipinski definition) is 0. The van der Waals surface area contributed by atoms with Gasteiger partial charge < -0.3 is 4.74 Å². The average Bonchev–Trinajstić information content (AvgIpc) is 2.26. The number of carbonyl (C=O) groups is 1. The fraction of sp³-hybridized carbons (Fsp3) is 0.533. The average molecular weight is 232 g/mol. The topological polar surface area (TPSA) is 26.3 Å². The number of Topliss-reactive ketones (excluding diaryl/α,β-unsaturated/α-hetero) is 1. The van der Waals surface area contributed by atoms with Crippen LogP contribution in [0.2, 0.25) is 0 Å². The van der Waals surface area contributed by atoms with Crippen molar-refractivity contribution in [3.05, 3.63) is 35.4 Å². The minimum Gasteiger partial charge on any atom is -0.378 e. The van der Waals surface area contributed by atoms with Gasteiger partial charge in [0.15, 0.2) is 5.78 Å². The molecular formula is C15H20O2. The van der Waals surface area contributed by atoms with E-state index in [1.54, 1.807) is 0 Å². The van der Waals surface area contributed by atoms with Crippen LogP contribution in [0, 0.1) is 12.8 Å². The van der Waals surface area contributed by atoms with Crippen molar-refractivity contribution < 1.29 is 9.53 Å². The van der Waals surface area contributed by atoms with Gasteiger partial charge in [0.05, 0.1) is 6.10 Å². The first-order valence-corrected chi connectivity index (χ1v) is 6.41. The van der Waals surface area contributed by atoms with Gasteiger partial charge in [-0.3, -0.25) is 4.79 Å². The highest BCUT2D eigenvalue weighted by Crippen LogP contribution is 2.33. The van der Waals surface area contributed by atoms with Gasteiger partial charge in [-0.25, -0.2) is 0 Å². The summed E-state index contributed by atoms with van der Waals surface area (Å²) < 4.78 is 5.51. The van der Waals surface area contributed by atoms with Gasteiger partial charge in [-0.05, 0) is 38.2 Å². The van der Waals surface area contributed by atoms with E-state index in [1.165, 1.54) is 0 Å². The van der Waals surface area contributed by atoms with Crippen molar-refractivity contribution in [2.45, 2.75) is 39.2 Å². The molecular weight excluding hydrogens is 212 g/mol. The lowest BCUT2D eigenvalue weighted by Crippen LogP contribution is -2.32. The molecule has 1 aromatic rings. The smallest absolute Gasteiger partial charge is 0.163 e. The maximum Gasteiger partial charge on any atom is 0.163 e. The first-order valence-electron chi connectivity index (χ1n) is 6.41. The van der Waals surface area contributed by atoms with E-state index in [4.69, 9.17) is 4.74 Å². The summed E-state index contributed by atoms with van der Waals surface area (Å²) in [6.07, 6.45) is 3.17. The lowest BCUT2D eigenvalue weighted by atomic mass is 9.78. The molecule has 0 aliphatic heterocycles. The number of ketones is 1. The highest BCUT2D eigenvalue weighted by Gasteiger charge is 2.31. The number of ether oxygens (including phenoxy) is 1. The molecule has 0 radical (unpaired) electrons. The van der Waals surface area contributed by atoms with Crippen molar-refractivity contribution in [1.29, 1.82) is 0 Å². The number of hydrogen-bond acceptors (Lipinski definition) is 2. The SMILES string of the molecule is CCOC1CC(CC(=O)c2ccccc2C)C1. The molecule has 1 saturated carbocycles. The number of aryl methyl sites for hydroxylation is 1. The van der Waals surface area contributed by atoms with Crippen molar-refractivity contribution in [2.24, 2.45) is 5.92 Å². The Balaban J connectivity index is 1.85. The lowest BCUT2D eigenvalue weighted by molar-refractivity contribution is -0.0246. The summed E-state index contributed by atoms with van der Waals surface area (Å²) in [7, 11) is 0. The Morgan fingerprint density at radius 2 is 2.06 bits per heavy atom. The van der Waals surface area contributed by atoms with Crippen molar-refractivity contribution in [3.8, 4) is 0 Å². The molecule has 0 amide bonds. The van der Waals surface area contributed by atoms with Crippen LogP contribution in [-0.4, -0.2) is 18.5 Å². The Morgan fingerprint density at radius 3 is 2.71 bits per heavy atom. The van der Waals surface area contributed by atoms with Gasteiger partial charge in [0, 0.05) is 18.6 Å². The molecule has 0 unspecified atom stereocenters. The van der Waals surface area contributed by atoms with Gasteiger partial charge in [-0.1, -0.05) is 24.3 Å². The summed E-state index contributed by atoms with van der Waals surface area (Å²) in [5.41, 5.74) is 1.96. The first-order chi connectivity index (χ1) is 8.20. The van der Waals surface area contributed by atoms with Crippen LogP contribution < -0.4 is 0 Å². The second-order valence-corrected chi connectivity index (χ2v) is 4.86. The number of carbonyl (C=O) groups excluding carboxylic acids is 1. The van der Waals surface area contributed by atoms with E-state index < -0.39 is 0 Å². The minimum absolute atomic E-state index is 0.281. The molecule has 0 spiro atoms. The van der Waals surface area contributed by atoms with Crippen LogP contribution in [0.15, 0.2) is 24.3 Å². The minimum atomic E-state index is 0.281. The third-order valence-electron chi connectivity index (χ3n) is 3.51. The number of rotatable bonds is 5. The second kappa shape index (κ2) is 5.46. The van der Waals surface area contributed by atoms with E-state index in [0.29, 0.717) is 18.4 Å². The molecule has 2 heteroatoms. The Bertz CT molecular complexity index is 392. The molecule has 0 heterocycles. The van der Waals surface area contributed by atoms with Crippen LogP contribution in [0.5, 0.6) is 0 Å². The maximum absolute atomic E-state index is 12.1. The van der Waals surface area contributed by atoms with Crippen molar-refractivity contribution in [1.82, 2.24) is 0 Å². The molecule has 0 saturated heterocycles. The largest absolute Gasteiger partial charge is 0.378 e. The van der Waals surface area contributed by atoms with Crippen LogP contribution in [0.25, 0.3) is 0 Å². The van der Waals surface area contributed by atoms with E-state index in [0.717, 1.165) is 30.6 Å². The van der Waals surface area contributed by atoms with Gasteiger partial charge in [-0.2, -0.15) is 0 Å². The van der Waals surface area contributed by atoms with Gasteiger partial charge >= 0.3 is 0 Å². The standard InChI is InChI=1S/C15H20O2/c1-3-17-13-8-12(9-13)10-15(16)14-7-5-4-6-11(14)2/h4-7,12-13H,3,8-10H2,1-2H3. The van der Waals surface area contributed by atoms with Gasteiger partial charge in [-0.15, -0.1) is 0 Å². The van der Waals surface area contributed by atoms with Crippen molar-refractivity contribution in [2.75, 3.05) is 6.61 Å². The summed E-state index contributed by atoms with van der Waals surface area (Å²) in [5.74, 6) is 0.807. The normalized spacial score (nSPS) is 23.2. The van der Waals surface area contributed by atoms with E-state index >= 15 is 0 Å². The van der Waals surface area contributed by atoms with Crippen LogP contribution in [0.3, 0.4) is 0 Å². The first kappa shape index (κ1) is 12.3. The van der Waals surface area contributed by atoms with Gasteiger partial charge in [0.2, 0.25) is 0 Å². The maximum atomic E-state index is 12.1. The predicted octanol–water partition coefficient (Wildman–Crippen LogP) is 3.38. The van der Waals surface area contributed by atoms with Crippen LogP contribution in [0.4, 0.5) is 0 Å². The van der Waals surface area contributed by atoms with Gasteiger partial charge in [0.1, 0.15) is 0 Å². The summed E-state index contributed by atoms with van der Waals surface area (Å²) in [5, 5.41) is 0.